The van der Waals surface area contributed by atoms with E-state index < -0.39 is 6.09 Å². The van der Waals surface area contributed by atoms with Crippen LogP contribution in [-0.4, -0.2) is 27.6 Å². The number of benzene rings is 2. The second-order valence-electron chi connectivity index (χ2n) is 6.25. The van der Waals surface area contributed by atoms with Crippen molar-refractivity contribution in [3.8, 4) is 0 Å². The molecule has 0 saturated heterocycles. The molecule has 122 valence electrons. The number of aromatic amines is 1. The third-order valence-electron chi connectivity index (χ3n) is 4.73. The number of hydrogen-bond donors (Lipinski definition) is 2. The minimum Gasteiger partial charge on any atom is -0.465 e. The van der Waals surface area contributed by atoms with E-state index >= 15 is 0 Å². The summed E-state index contributed by atoms with van der Waals surface area (Å²) >= 11 is 3.53. The predicted molar refractivity (Wildman–Crippen MR) is 97.5 cm³/mol. The number of nitrogens with zero attached hydrogens (tertiary/aromatic N) is 1. The Morgan fingerprint density at radius 1 is 1.25 bits per heavy atom. The van der Waals surface area contributed by atoms with Gasteiger partial charge in [0.15, 0.2) is 0 Å². The molecule has 0 saturated carbocycles. The fraction of sp³-hybridized carbons (Fsp3) is 0.211. The molecule has 2 aromatic carbocycles. The normalized spacial score (nSPS) is 17.1. The van der Waals surface area contributed by atoms with Crippen molar-refractivity contribution in [3.05, 3.63) is 69.3 Å². The van der Waals surface area contributed by atoms with Crippen molar-refractivity contribution in [2.75, 3.05) is 6.54 Å². The molecule has 0 bridgehead atoms. The van der Waals surface area contributed by atoms with E-state index in [2.05, 4.69) is 27.0 Å². The van der Waals surface area contributed by atoms with Gasteiger partial charge < -0.3 is 10.1 Å². The maximum Gasteiger partial charge on any atom is 0.408 e. The first-order valence-electron chi connectivity index (χ1n) is 7.91. The lowest BCUT2D eigenvalue weighted by Crippen LogP contribution is -2.39. The van der Waals surface area contributed by atoms with E-state index in [1.807, 2.05) is 43.3 Å². The van der Waals surface area contributed by atoms with Crippen LogP contribution in [0, 0.1) is 6.92 Å². The summed E-state index contributed by atoms with van der Waals surface area (Å²) in [5.74, 6) is 0. The van der Waals surface area contributed by atoms with E-state index in [0.29, 0.717) is 6.54 Å². The molecule has 1 amide bonds. The second kappa shape index (κ2) is 5.67. The molecule has 5 heteroatoms. The first kappa shape index (κ1) is 15.3. The van der Waals surface area contributed by atoms with Crippen LogP contribution in [0.2, 0.25) is 0 Å². The van der Waals surface area contributed by atoms with Gasteiger partial charge in [-0.3, -0.25) is 4.90 Å². The minimum atomic E-state index is -0.883. The molecule has 0 radical (unpaired) electrons. The fourth-order valence-electron chi connectivity index (χ4n) is 3.56. The first-order chi connectivity index (χ1) is 11.5. The van der Waals surface area contributed by atoms with Crippen molar-refractivity contribution >= 4 is 32.9 Å². The molecule has 0 spiro atoms. The Balaban J connectivity index is 1.93. The van der Waals surface area contributed by atoms with Gasteiger partial charge in [-0.15, -0.1) is 0 Å². The highest BCUT2D eigenvalue weighted by Gasteiger charge is 2.34. The number of hydrogen-bond acceptors (Lipinski definition) is 1. The van der Waals surface area contributed by atoms with Gasteiger partial charge in [-0.2, -0.15) is 0 Å². The van der Waals surface area contributed by atoms with Gasteiger partial charge in [-0.1, -0.05) is 45.8 Å². The molecular formula is C19H17BrN2O2. The van der Waals surface area contributed by atoms with E-state index in [4.69, 9.17) is 0 Å². The lowest BCUT2D eigenvalue weighted by Gasteiger charge is -2.34. The van der Waals surface area contributed by atoms with Crippen molar-refractivity contribution in [2.24, 2.45) is 0 Å². The molecule has 2 N–H and O–H groups in total. The number of carbonyl (C=O) groups is 1. The molecule has 1 unspecified atom stereocenters. The van der Waals surface area contributed by atoms with Crippen LogP contribution in [0.25, 0.3) is 10.9 Å². The Bertz CT molecular complexity index is 930. The lowest BCUT2D eigenvalue weighted by molar-refractivity contribution is 0.128. The standard InChI is InChI=1S/C19H17BrN2O2/c1-11-2-4-12(5-3-11)18-17-14(8-9-22(18)19(23)24)15-10-13(20)6-7-16(15)21-17/h2-7,10,18,21H,8-9H2,1H3,(H,23,24). The van der Waals surface area contributed by atoms with E-state index in [0.717, 1.165) is 33.2 Å². The summed E-state index contributed by atoms with van der Waals surface area (Å²) in [5, 5.41) is 10.8. The number of H-pyrrole nitrogens is 1. The van der Waals surface area contributed by atoms with Crippen LogP contribution in [0.3, 0.4) is 0 Å². The molecule has 3 aromatic rings. The molecule has 2 heterocycles. The molecule has 4 nitrogen and oxygen atoms in total. The Hall–Kier alpha value is -2.27. The Morgan fingerprint density at radius 3 is 2.71 bits per heavy atom. The summed E-state index contributed by atoms with van der Waals surface area (Å²) in [6.45, 7) is 2.53. The number of halogens is 1. The van der Waals surface area contributed by atoms with Gasteiger partial charge in [-0.05, 0) is 42.7 Å². The van der Waals surface area contributed by atoms with E-state index in [9.17, 15) is 9.90 Å². The average molecular weight is 385 g/mol. The predicted octanol–water partition coefficient (Wildman–Crippen LogP) is 4.86. The molecule has 1 aliphatic heterocycles. The highest BCUT2D eigenvalue weighted by atomic mass is 79.9. The molecule has 24 heavy (non-hydrogen) atoms. The Morgan fingerprint density at radius 2 is 2.00 bits per heavy atom. The van der Waals surface area contributed by atoms with Crippen molar-refractivity contribution in [3.63, 3.8) is 0 Å². The highest BCUT2D eigenvalue weighted by molar-refractivity contribution is 9.10. The van der Waals surface area contributed by atoms with E-state index in [1.54, 1.807) is 0 Å². The quantitative estimate of drug-likeness (QED) is 0.628. The molecule has 1 atom stereocenters. The number of fused-ring (bicyclic) bond motifs is 3. The molecular weight excluding hydrogens is 368 g/mol. The number of aromatic nitrogens is 1. The van der Waals surface area contributed by atoms with Crippen LogP contribution in [0.15, 0.2) is 46.9 Å². The number of amides is 1. The summed E-state index contributed by atoms with van der Waals surface area (Å²) < 4.78 is 1.03. The van der Waals surface area contributed by atoms with Crippen molar-refractivity contribution < 1.29 is 9.90 Å². The lowest BCUT2D eigenvalue weighted by atomic mass is 9.92. The third-order valence-corrected chi connectivity index (χ3v) is 5.22. The van der Waals surface area contributed by atoms with Crippen LogP contribution in [-0.2, 0) is 6.42 Å². The van der Waals surface area contributed by atoms with Gasteiger partial charge in [-0.25, -0.2) is 4.79 Å². The Labute approximate surface area is 148 Å². The third kappa shape index (κ3) is 2.40. The van der Waals surface area contributed by atoms with Crippen LogP contribution >= 0.6 is 15.9 Å². The van der Waals surface area contributed by atoms with Gasteiger partial charge in [0.1, 0.15) is 6.04 Å². The number of rotatable bonds is 1. The Kier molecular flexibility index (Phi) is 3.61. The monoisotopic (exact) mass is 384 g/mol. The molecule has 1 aromatic heterocycles. The molecule has 1 aliphatic rings. The zero-order valence-electron chi connectivity index (χ0n) is 13.2. The molecule has 0 aliphatic carbocycles. The number of nitrogens with one attached hydrogen (secondary N) is 1. The average Bonchev–Trinajstić information content (AvgIpc) is 2.92. The molecule has 0 fully saturated rings. The zero-order valence-corrected chi connectivity index (χ0v) is 14.8. The largest absolute Gasteiger partial charge is 0.465 e. The first-order valence-corrected chi connectivity index (χ1v) is 8.70. The summed E-state index contributed by atoms with van der Waals surface area (Å²) in [5.41, 5.74) is 5.41. The SMILES string of the molecule is Cc1ccc(C2c3[nH]c4ccc(Br)cc4c3CCN2C(=O)O)cc1. The summed E-state index contributed by atoms with van der Waals surface area (Å²) in [4.78, 5) is 16.8. The topological polar surface area (TPSA) is 56.3 Å². The van der Waals surface area contributed by atoms with Crippen LogP contribution < -0.4 is 0 Å². The number of aryl methyl sites for hydroxylation is 1. The fourth-order valence-corrected chi connectivity index (χ4v) is 3.92. The summed E-state index contributed by atoms with van der Waals surface area (Å²) in [7, 11) is 0. The van der Waals surface area contributed by atoms with Gasteiger partial charge >= 0.3 is 6.09 Å². The smallest absolute Gasteiger partial charge is 0.408 e. The van der Waals surface area contributed by atoms with Gasteiger partial charge in [0.05, 0.1) is 0 Å². The summed E-state index contributed by atoms with van der Waals surface area (Å²) in [6, 6.07) is 13.9. The van der Waals surface area contributed by atoms with E-state index in [-0.39, 0.29) is 6.04 Å². The number of carboxylic acid groups (broad SMARTS) is 1. The van der Waals surface area contributed by atoms with Crippen LogP contribution in [0.4, 0.5) is 4.79 Å². The van der Waals surface area contributed by atoms with Crippen LogP contribution in [0.1, 0.15) is 28.4 Å². The molecule has 4 rings (SSSR count). The van der Waals surface area contributed by atoms with Gasteiger partial charge in [0, 0.05) is 27.6 Å². The van der Waals surface area contributed by atoms with Crippen molar-refractivity contribution in [2.45, 2.75) is 19.4 Å². The van der Waals surface area contributed by atoms with Gasteiger partial charge in [0.2, 0.25) is 0 Å². The zero-order chi connectivity index (χ0) is 16.8. The van der Waals surface area contributed by atoms with Crippen LogP contribution in [0.5, 0.6) is 0 Å². The van der Waals surface area contributed by atoms with Gasteiger partial charge in [0.25, 0.3) is 0 Å². The van der Waals surface area contributed by atoms with E-state index in [1.165, 1.54) is 15.8 Å². The maximum absolute atomic E-state index is 11.8. The summed E-state index contributed by atoms with van der Waals surface area (Å²) in [6.07, 6.45) is -0.161. The maximum atomic E-state index is 11.8. The van der Waals surface area contributed by atoms with Crippen molar-refractivity contribution in [1.29, 1.82) is 0 Å². The second-order valence-corrected chi connectivity index (χ2v) is 7.16. The highest BCUT2D eigenvalue weighted by Crippen LogP contribution is 2.39. The van der Waals surface area contributed by atoms with Crippen molar-refractivity contribution in [1.82, 2.24) is 9.88 Å². The minimum absolute atomic E-state index is 0.293.